The molecule has 2 aromatic carbocycles. The summed E-state index contributed by atoms with van der Waals surface area (Å²) in [5.41, 5.74) is 2.86. The molecule has 5 nitrogen and oxygen atoms in total. The van der Waals surface area contributed by atoms with Crippen molar-refractivity contribution in [3.8, 4) is 0 Å². The smallest absolute Gasteiger partial charge is 0.255 e. The van der Waals surface area contributed by atoms with E-state index in [4.69, 9.17) is 0 Å². The highest BCUT2D eigenvalue weighted by Gasteiger charge is 2.34. The Bertz CT molecular complexity index is 1010. The molecule has 0 saturated carbocycles. The van der Waals surface area contributed by atoms with Gasteiger partial charge in [0.1, 0.15) is 5.82 Å². The van der Waals surface area contributed by atoms with E-state index in [-0.39, 0.29) is 24.1 Å². The maximum absolute atomic E-state index is 13.4. The van der Waals surface area contributed by atoms with Crippen molar-refractivity contribution in [2.75, 3.05) is 5.32 Å². The summed E-state index contributed by atoms with van der Waals surface area (Å²) in [7, 11) is 0. The molecule has 2 heterocycles. The van der Waals surface area contributed by atoms with Gasteiger partial charge in [0, 0.05) is 18.3 Å². The second-order valence-electron chi connectivity index (χ2n) is 6.65. The Labute approximate surface area is 161 Å². The van der Waals surface area contributed by atoms with Gasteiger partial charge in [-0.2, -0.15) is 0 Å². The minimum atomic E-state index is -0.503. The molecular formula is C22H18FN3O2. The molecule has 1 aromatic heterocycles. The van der Waals surface area contributed by atoms with Crippen molar-refractivity contribution >= 4 is 17.5 Å². The van der Waals surface area contributed by atoms with Crippen LogP contribution >= 0.6 is 0 Å². The van der Waals surface area contributed by atoms with E-state index in [2.05, 4.69) is 10.3 Å². The molecular weight excluding hydrogens is 357 g/mol. The number of amides is 2. The minimum Gasteiger partial charge on any atom is -0.327 e. The lowest BCUT2D eigenvalue weighted by Gasteiger charge is -2.28. The van der Waals surface area contributed by atoms with E-state index in [1.54, 1.807) is 47.6 Å². The average molecular weight is 375 g/mol. The van der Waals surface area contributed by atoms with Crippen molar-refractivity contribution in [1.82, 2.24) is 9.88 Å². The number of carbonyl (C=O) groups excluding carboxylic acids is 2. The van der Waals surface area contributed by atoms with Gasteiger partial charge >= 0.3 is 0 Å². The summed E-state index contributed by atoms with van der Waals surface area (Å²) in [6, 6.07) is 16.3. The van der Waals surface area contributed by atoms with E-state index in [1.807, 2.05) is 18.2 Å². The van der Waals surface area contributed by atoms with Gasteiger partial charge in [-0.3, -0.25) is 14.6 Å². The lowest BCUT2D eigenvalue weighted by molar-refractivity contribution is -0.117. The molecule has 140 valence electrons. The average Bonchev–Trinajstić information content (AvgIpc) is 3.04. The fraction of sp³-hybridized carbons (Fsp3) is 0.136. The maximum atomic E-state index is 13.4. The molecule has 1 aliphatic heterocycles. The van der Waals surface area contributed by atoms with Crippen LogP contribution in [0.2, 0.25) is 0 Å². The largest absolute Gasteiger partial charge is 0.327 e. The number of fused-ring (bicyclic) bond motifs is 1. The summed E-state index contributed by atoms with van der Waals surface area (Å²) in [4.78, 5) is 31.2. The number of pyridine rings is 1. The lowest BCUT2D eigenvalue weighted by atomic mass is 10.0. The van der Waals surface area contributed by atoms with Crippen molar-refractivity contribution in [3.05, 3.63) is 95.6 Å². The Morgan fingerprint density at radius 3 is 2.61 bits per heavy atom. The van der Waals surface area contributed by atoms with Crippen LogP contribution < -0.4 is 5.32 Å². The SMILES string of the molecule is O=C(C[C@@H](c1ccc(F)cc1)N1Cc2ccccc2C1=O)Nc1cccnc1. The zero-order valence-electron chi connectivity index (χ0n) is 15.0. The predicted octanol–water partition coefficient (Wildman–Crippen LogP) is 3.95. The standard InChI is InChI=1S/C22H18FN3O2/c23-17-9-7-15(8-10-17)20(12-21(27)25-18-5-3-11-24-13-18)26-14-16-4-1-2-6-19(16)22(26)28/h1-11,13,20H,12,14H2,(H,25,27)/t20-/m0/s1. The number of rotatable bonds is 5. The highest BCUT2D eigenvalue weighted by atomic mass is 19.1. The number of aromatic nitrogens is 1. The summed E-state index contributed by atoms with van der Waals surface area (Å²) in [5.74, 6) is -0.733. The first kappa shape index (κ1) is 17.9. The van der Waals surface area contributed by atoms with Crippen LogP contribution in [0.25, 0.3) is 0 Å². The van der Waals surface area contributed by atoms with Gasteiger partial charge in [0.05, 0.1) is 24.3 Å². The molecule has 0 fully saturated rings. The molecule has 3 aromatic rings. The van der Waals surface area contributed by atoms with Gasteiger partial charge in [0.15, 0.2) is 0 Å². The molecule has 2 amide bonds. The van der Waals surface area contributed by atoms with Crippen molar-refractivity contribution in [3.63, 3.8) is 0 Å². The fourth-order valence-electron chi connectivity index (χ4n) is 3.45. The van der Waals surface area contributed by atoms with Crippen LogP contribution in [0.5, 0.6) is 0 Å². The van der Waals surface area contributed by atoms with Crippen LogP contribution in [0.1, 0.15) is 33.9 Å². The topological polar surface area (TPSA) is 62.3 Å². The molecule has 0 bridgehead atoms. The van der Waals surface area contributed by atoms with Gasteiger partial charge in [-0.25, -0.2) is 4.39 Å². The zero-order valence-corrected chi connectivity index (χ0v) is 15.0. The lowest BCUT2D eigenvalue weighted by Crippen LogP contribution is -2.32. The monoisotopic (exact) mass is 375 g/mol. The molecule has 1 N–H and O–H groups in total. The van der Waals surface area contributed by atoms with E-state index >= 15 is 0 Å². The number of nitrogens with one attached hydrogen (secondary N) is 1. The van der Waals surface area contributed by atoms with Crippen molar-refractivity contribution in [2.24, 2.45) is 0 Å². The Morgan fingerprint density at radius 2 is 1.89 bits per heavy atom. The molecule has 0 saturated heterocycles. The van der Waals surface area contributed by atoms with Crippen molar-refractivity contribution in [1.29, 1.82) is 0 Å². The summed E-state index contributed by atoms with van der Waals surface area (Å²) < 4.78 is 13.4. The van der Waals surface area contributed by atoms with Crippen LogP contribution in [0.4, 0.5) is 10.1 Å². The Hall–Kier alpha value is -3.54. The van der Waals surface area contributed by atoms with E-state index in [9.17, 15) is 14.0 Å². The number of nitrogens with zero attached hydrogens (tertiary/aromatic N) is 2. The number of anilines is 1. The normalized spacial score (nSPS) is 13.9. The maximum Gasteiger partial charge on any atom is 0.255 e. The summed E-state index contributed by atoms with van der Waals surface area (Å²) in [5, 5.41) is 2.80. The third-order valence-corrected chi connectivity index (χ3v) is 4.80. The quantitative estimate of drug-likeness (QED) is 0.735. The molecule has 0 aliphatic carbocycles. The van der Waals surface area contributed by atoms with Crippen LogP contribution in [0.3, 0.4) is 0 Å². The first-order valence-corrected chi connectivity index (χ1v) is 8.96. The van der Waals surface area contributed by atoms with E-state index < -0.39 is 6.04 Å². The van der Waals surface area contributed by atoms with Gasteiger partial charge < -0.3 is 10.2 Å². The van der Waals surface area contributed by atoms with E-state index in [0.29, 0.717) is 23.4 Å². The highest BCUT2D eigenvalue weighted by Crippen LogP contribution is 2.33. The first-order valence-electron chi connectivity index (χ1n) is 8.96. The number of hydrogen-bond acceptors (Lipinski definition) is 3. The Balaban J connectivity index is 1.61. The van der Waals surface area contributed by atoms with Crippen LogP contribution in [0.15, 0.2) is 73.1 Å². The second-order valence-corrected chi connectivity index (χ2v) is 6.65. The molecule has 0 unspecified atom stereocenters. The number of carbonyl (C=O) groups is 2. The van der Waals surface area contributed by atoms with Gasteiger partial charge in [0.2, 0.25) is 5.91 Å². The van der Waals surface area contributed by atoms with E-state index in [0.717, 1.165) is 5.56 Å². The van der Waals surface area contributed by atoms with Gasteiger partial charge in [-0.1, -0.05) is 30.3 Å². The number of hydrogen-bond donors (Lipinski definition) is 1. The molecule has 28 heavy (non-hydrogen) atoms. The molecule has 4 rings (SSSR count). The zero-order chi connectivity index (χ0) is 19.5. The first-order chi connectivity index (χ1) is 13.6. The molecule has 0 radical (unpaired) electrons. The van der Waals surface area contributed by atoms with Crippen LogP contribution in [0, 0.1) is 5.82 Å². The van der Waals surface area contributed by atoms with Gasteiger partial charge in [0.25, 0.3) is 5.91 Å². The number of benzene rings is 2. The summed E-state index contributed by atoms with van der Waals surface area (Å²) >= 11 is 0. The molecule has 6 heteroatoms. The van der Waals surface area contributed by atoms with Crippen LogP contribution in [-0.4, -0.2) is 21.7 Å². The summed E-state index contributed by atoms with van der Waals surface area (Å²) in [6.45, 7) is 0.414. The van der Waals surface area contributed by atoms with E-state index in [1.165, 1.54) is 12.1 Å². The van der Waals surface area contributed by atoms with Crippen LogP contribution in [-0.2, 0) is 11.3 Å². The highest BCUT2D eigenvalue weighted by molar-refractivity contribution is 5.99. The fourth-order valence-corrected chi connectivity index (χ4v) is 3.45. The van der Waals surface area contributed by atoms with Crippen molar-refractivity contribution in [2.45, 2.75) is 19.0 Å². The minimum absolute atomic E-state index is 0.0558. The Kier molecular flexibility index (Phi) is 4.85. The van der Waals surface area contributed by atoms with Gasteiger partial charge in [-0.05, 0) is 41.5 Å². The summed E-state index contributed by atoms with van der Waals surface area (Å²) in [6.07, 6.45) is 3.24. The van der Waals surface area contributed by atoms with Gasteiger partial charge in [-0.15, -0.1) is 0 Å². The molecule has 1 aliphatic rings. The number of halogens is 1. The molecule has 1 atom stereocenters. The Morgan fingerprint density at radius 1 is 1.11 bits per heavy atom. The van der Waals surface area contributed by atoms with Crippen molar-refractivity contribution < 1.29 is 14.0 Å². The predicted molar refractivity (Wildman–Crippen MR) is 103 cm³/mol. The second kappa shape index (κ2) is 7.60. The molecule has 0 spiro atoms. The third-order valence-electron chi connectivity index (χ3n) is 4.80. The third kappa shape index (κ3) is 3.62.